The highest BCUT2D eigenvalue weighted by Gasteiger charge is 2.37. The maximum Gasteiger partial charge on any atom is 0.411 e. The highest BCUT2D eigenvalue weighted by atomic mass is 79.9. The maximum atomic E-state index is 12.5. The molecule has 1 N–H and O–H groups in total. The third kappa shape index (κ3) is 4.88. The Morgan fingerprint density at radius 1 is 1.39 bits per heavy atom. The predicted molar refractivity (Wildman–Crippen MR) is 96.7 cm³/mol. The van der Waals surface area contributed by atoms with E-state index in [1.165, 1.54) is 4.90 Å². The van der Waals surface area contributed by atoms with E-state index < -0.39 is 17.7 Å². The second-order valence-corrected chi connectivity index (χ2v) is 8.27. The van der Waals surface area contributed by atoms with Crippen LogP contribution in [0.3, 0.4) is 0 Å². The molecule has 0 spiro atoms. The number of carbonyl (C=O) groups excluding carboxylic acids is 2. The van der Waals surface area contributed by atoms with Gasteiger partial charge in [0.25, 0.3) is 0 Å². The molecular weight excluding hydrogens is 380 g/mol. The Morgan fingerprint density at radius 3 is 2.70 bits per heavy atom. The molecule has 2 amide bonds. The summed E-state index contributed by atoms with van der Waals surface area (Å²) in [7, 11) is 0. The first-order chi connectivity index (χ1) is 10.7. The van der Waals surface area contributed by atoms with Crippen LogP contribution in [0.1, 0.15) is 26.3 Å². The molecular formula is C16H21BrN2O3S. The molecule has 7 heteroatoms. The molecule has 0 saturated carbocycles. The Balaban J connectivity index is 2.05. The quantitative estimate of drug-likeness (QED) is 0.814. The van der Waals surface area contributed by atoms with Crippen LogP contribution >= 0.6 is 27.7 Å². The number of rotatable bonds is 2. The number of hydrogen-bond donors (Lipinski definition) is 1. The summed E-state index contributed by atoms with van der Waals surface area (Å²) >= 11 is 4.98. The van der Waals surface area contributed by atoms with Gasteiger partial charge < -0.3 is 10.1 Å². The standard InChI is InChI=1S/C16H21BrN2O3S/c1-10-7-11(5-6-12(10)17)18-14(20)13-8-23-9-19(13)15(21)22-16(2,3)4/h5-7,13H,8-9H2,1-4H3,(H,18,20). The van der Waals surface area contributed by atoms with Gasteiger partial charge in [-0.05, 0) is 51.5 Å². The summed E-state index contributed by atoms with van der Waals surface area (Å²) in [6, 6.07) is 5.09. The molecule has 1 aromatic rings. The lowest BCUT2D eigenvalue weighted by Crippen LogP contribution is -2.46. The van der Waals surface area contributed by atoms with E-state index in [0.717, 1.165) is 15.7 Å². The first-order valence-corrected chi connectivity index (χ1v) is 9.26. The minimum Gasteiger partial charge on any atom is -0.444 e. The van der Waals surface area contributed by atoms with Gasteiger partial charge in [0.05, 0.1) is 5.88 Å². The third-order valence-corrected chi connectivity index (χ3v) is 5.14. The summed E-state index contributed by atoms with van der Waals surface area (Å²) in [5.41, 5.74) is 1.18. The van der Waals surface area contributed by atoms with Crippen molar-refractivity contribution in [2.75, 3.05) is 16.9 Å². The molecule has 1 fully saturated rings. The van der Waals surface area contributed by atoms with Gasteiger partial charge in [-0.1, -0.05) is 15.9 Å². The van der Waals surface area contributed by atoms with Crippen molar-refractivity contribution in [3.05, 3.63) is 28.2 Å². The molecule has 1 saturated heterocycles. The Kier molecular flexibility index (Phi) is 5.62. The van der Waals surface area contributed by atoms with Crippen LogP contribution in [0.25, 0.3) is 0 Å². The lowest BCUT2D eigenvalue weighted by atomic mass is 10.2. The topological polar surface area (TPSA) is 58.6 Å². The Bertz CT molecular complexity index is 616. The van der Waals surface area contributed by atoms with Crippen LogP contribution in [0, 0.1) is 6.92 Å². The van der Waals surface area contributed by atoms with Crippen LogP contribution < -0.4 is 5.32 Å². The summed E-state index contributed by atoms with van der Waals surface area (Å²) in [6.07, 6.45) is -0.449. The van der Waals surface area contributed by atoms with Crippen molar-refractivity contribution < 1.29 is 14.3 Å². The van der Waals surface area contributed by atoms with E-state index in [-0.39, 0.29) is 5.91 Å². The van der Waals surface area contributed by atoms with Gasteiger partial charge in [-0.15, -0.1) is 11.8 Å². The average molecular weight is 401 g/mol. The second kappa shape index (κ2) is 7.13. The number of benzene rings is 1. The van der Waals surface area contributed by atoms with Gasteiger partial charge in [-0.3, -0.25) is 9.69 Å². The normalized spacial score (nSPS) is 18.0. The van der Waals surface area contributed by atoms with Gasteiger partial charge in [-0.25, -0.2) is 4.79 Å². The van der Waals surface area contributed by atoms with E-state index >= 15 is 0 Å². The summed E-state index contributed by atoms with van der Waals surface area (Å²) in [5, 5.41) is 2.88. The van der Waals surface area contributed by atoms with Crippen molar-refractivity contribution in [2.45, 2.75) is 39.3 Å². The molecule has 1 heterocycles. The second-order valence-electron chi connectivity index (χ2n) is 6.42. The number of halogens is 1. The SMILES string of the molecule is Cc1cc(NC(=O)C2CSCN2C(=O)OC(C)(C)C)ccc1Br. The maximum absolute atomic E-state index is 12.5. The van der Waals surface area contributed by atoms with Crippen LogP contribution in [-0.4, -0.2) is 40.2 Å². The Morgan fingerprint density at radius 2 is 2.09 bits per heavy atom. The molecule has 1 aliphatic rings. The first kappa shape index (κ1) is 18.1. The molecule has 23 heavy (non-hydrogen) atoms. The van der Waals surface area contributed by atoms with Gasteiger partial charge in [0.2, 0.25) is 5.91 Å². The summed E-state index contributed by atoms with van der Waals surface area (Å²) < 4.78 is 6.36. The van der Waals surface area contributed by atoms with Gasteiger partial charge >= 0.3 is 6.09 Å². The van der Waals surface area contributed by atoms with Crippen molar-refractivity contribution in [1.29, 1.82) is 0 Å². The van der Waals surface area contributed by atoms with Gasteiger partial charge in [0.15, 0.2) is 0 Å². The molecule has 0 aliphatic carbocycles. The number of amides is 2. The van der Waals surface area contributed by atoms with E-state index in [2.05, 4.69) is 21.2 Å². The molecule has 1 aliphatic heterocycles. The van der Waals surface area contributed by atoms with E-state index in [9.17, 15) is 9.59 Å². The predicted octanol–water partition coefficient (Wildman–Crippen LogP) is 4.01. The van der Waals surface area contributed by atoms with Gasteiger partial charge in [0.1, 0.15) is 11.6 Å². The number of thioether (sulfide) groups is 1. The molecule has 0 bridgehead atoms. The number of nitrogens with zero attached hydrogens (tertiary/aromatic N) is 1. The summed E-state index contributed by atoms with van der Waals surface area (Å²) in [4.78, 5) is 26.2. The monoisotopic (exact) mass is 400 g/mol. The van der Waals surface area contributed by atoms with E-state index in [1.54, 1.807) is 11.8 Å². The molecule has 1 aromatic carbocycles. The number of hydrogen-bond acceptors (Lipinski definition) is 4. The number of carbonyl (C=O) groups is 2. The molecule has 2 rings (SSSR count). The van der Waals surface area contributed by atoms with Crippen molar-refractivity contribution in [3.63, 3.8) is 0 Å². The number of ether oxygens (including phenoxy) is 1. The molecule has 5 nitrogen and oxygen atoms in total. The smallest absolute Gasteiger partial charge is 0.411 e. The Hall–Kier alpha value is -1.21. The Labute approximate surface area is 149 Å². The summed E-state index contributed by atoms with van der Waals surface area (Å²) in [6.45, 7) is 7.40. The van der Waals surface area contributed by atoms with E-state index in [4.69, 9.17) is 4.74 Å². The fourth-order valence-electron chi connectivity index (χ4n) is 2.11. The third-order valence-electron chi connectivity index (χ3n) is 3.24. The molecule has 1 unspecified atom stereocenters. The number of nitrogens with one attached hydrogen (secondary N) is 1. The number of aryl methyl sites for hydroxylation is 1. The molecule has 1 atom stereocenters. The summed E-state index contributed by atoms with van der Waals surface area (Å²) in [5.74, 6) is 0.843. The van der Waals surface area contributed by atoms with E-state index in [1.807, 2.05) is 45.9 Å². The first-order valence-electron chi connectivity index (χ1n) is 7.32. The van der Waals surface area contributed by atoms with Crippen molar-refractivity contribution in [3.8, 4) is 0 Å². The molecule has 0 radical (unpaired) electrons. The lowest BCUT2D eigenvalue weighted by molar-refractivity contribution is -0.120. The van der Waals surface area contributed by atoms with Crippen LogP contribution in [-0.2, 0) is 9.53 Å². The highest BCUT2D eigenvalue weighted by Crippen LogP contribution is 2.25. The zero-order chi connectivity index (χ0) is 17.2. The van der Waals surface area contributed by atoms with Crippen molar-refractivity contribution in [2.24, 2.45) is 0 Å². The van der Waals surface area contributed by atoms with Crippen LogP contribution in [0.2, 0.25) is 0 Å². The highest BCUT2D eigenvalue weighted by molar-refractivity contribution is 9.10. The van der Waals surface area contributed by atoms with Crippen LogP contribution in [0.15, 0.2) is 22.7 Å². The minimum absolute atomic E-state index is 0.192. The molecule has 0 aromatic heterocycles. The largest absolute Gasteiger partial charge is 0.444 e. The van der Waals surface area contributed by atoms with Crippen molar-refractivity contribution in [1.82, 2.24) is 4.90 Å². The average Bonchev–Trinajstić information content (AvgIpc) is 2.90. The van der Waals surface area contributed by atoms with Crippen LogP contribution in [0.5, 0.6) is 0 Å². The molecule has 126 valence electrons. The van der Waals surface area contributed by atoms with Gasteiger partial charge in [-0.2, -0.15) is 0 Å². The zero-order valence-electron chi connectivity index (χ0n) is 13.7. The number of anilines is 1. The fourth-order valence-corrected chi connectivity index (χ4v) is 3.50. The minimum atomic E-state index is -0.575. The van der Waals surface area contributed by atoms with Crippen molar-refractivity contribution >= 4 is 45.4 Å². The lowest BCUT2D eigenvalue weighted by Gasteiger charge is -2.27. The zero-order valence-corrected chi connectivity index (χ0v) is 16.1. The van der Waals surface area contributed by atoms with Gasteiger partial charge in [0, 0.05) is 15.9 Å². The fraction of sp³-hybridized carbons (Fsp3) is 0.500. The van der Waals surface area contributed by atoms with Crippen LogP contribution in [0.4, 0.5) is 10.5 Å². The van der Waals surface area contributed by atoms with E-state index in [0.29, 0.717) is 11.6 Å².